The monoisotopic (exact) mass is 248 g/mol. The van der Waals surface area contributed by atoms with Crippen LogP contribution in [0.1, 0.15) is 25.7 Å². The molecule has 2 nitrogen and oxygen atoms in total. The Bertz CT molecular complexity index is 244. The highest BCUT2D eigenvalue weighted by Gasteiger charge is 2.42. The summed E-state index contributed by atoms with van der Waals surface area (Å²) in [5, 5.41) is -1.41. The molecule has 0 aliphatic heterocycles. The van der Waals surface area contributed by atoms with Crippen molar-refractivity contribution in [3.8, 4) is 0 Å². The molecule has 0 aromatic heterocycles. The molecule has 0 rings (SSSR count). The minimum atomic E-state index is -1.29. The van der Waals surface area contributed by atoms with Crippen LogP contribution in [0.3, 0.4) is 0 Å². The molecule has 0 aromatic carbocycles. The largest absolute Gasteiger partial charge is 0.280 e. The van der Waals surface area contributed by atoms with Crippen LogP contribution in [-0.2, 0) is 9.59 Å². The highest BCUT2D eigenvalue weighted by molar-refractivity contribution is 6.74. The van der Waals surface area contributed by atoms with Crippen LogP contribution in [0.5, 0.6) is 0 Å². The van der Waals surface area contributed by atoms with E-state index in [1.165, 1.54) is 0 Å². The van der Waals surface area contributed by atoms with Crippen molar-refractivity contribution in [3.05, 3.63) is 25.3 Å². The third-order valence-corrected chi connectivity index (χ3v) is 3.03. The average Bonchev–Trinajstić information content (AvgIpc) is 2.17. The van der Waals surface area contributed by atoms with E-state index in [4.69, 9.17) is 23.2 Å². The normalized spacial score (nSPS) is 10.8. The first kappa shape index (κ1) is 14.4. The maximum absolute atomic E-state index is 11.3. The molecule has 0 radical (unpaired) electrons. The minimum Gasteiger partial charge on any atom is -0.280 e. The standard InChI is InChI=1S/C11H14Cl2O2/c1-3-5-7-11(9(12)14,10(13)15)8-6-4-2/h3-4H,1-2,5-8H2. The molecule has 0 N–H and O–H groups in total. The van der Waals surface area contributed by atoms with Crippen molar-refractivity contribution >= 4 is 33.7 Å². The second-order valence-electron chi connectivity index (χ2n) is 3.28. The number of hydrogen-bond donors (Lipinski definition) is 0. The van der Waals surface area contributed by atoms with E-state index < -0.39 is 15.9 Å². The average molecular weight is 249 g/mol. The van der Waals surface area contributed by atoms with Gasteiger partial charge in [0.05, 0.1) is 0 Å². The van der Waals surface area contributed by atoms with Gasteiger partial charge in [-0.05, 0) is 48.9 Å². The van der Waals surface area contributed by atoms with Gasteiger partial charge in [-0.25, -0.2) is 0 Å². The van der Waals surface area contributed by atoms with E-state index in [2.05, 4.69) is 13.2 Å². The van der Waals surface area contributed by atoms with Gasteiger partial charge < -0.3 is 0 Å². The molecule has 84 valence electrons. The molecule has 0 unspecified atom stereocenters. The van der Waals surface area contributed by atoms with Gasteiger partial charge in [-0.15, -0.1) is 13.2 Å². The summed E-state index contributed by atoms with van der Waals surface area (Å²) >= 11 is 10.9. The first-order valence-corrected chi connectivity index (χ1v) is 5.38. The number of carbonyl (C=O) groups is 2. The Balaban J connectivity index is 4.88. The van der Waals surface area contributed by atoms with Crippen molar-refractivity contribution in [2.75, 3.05) is 0 Å². The van der Waals surface area contributed by atoms with Gasteiger partial charge >= 0.3 is 0 Å². The van der Waals surface area contributed by atoms with Crippen LogP contribution in [0.15, 0.2) is 25.3 Å². The molecule has 0 amide bonds. The maximum Gasteiger partial charge on any atom is 0.236 e. The Morgan fingerprint density at radius 1 is 1.00 bits per heavy atom. The molecule has 4 heteroatoms. The molecule has 0 fully saturated rings. The lowest BCUT2D eigenvalue weighted by Crippen LogP contribution is -2.34. The van der Waals surface area contributed by atoms with E-state index in [1.54, 1.807) is 12.2 Å². The molecule has 0 aliphatic rings. The zero-order valence-electron chi connectivity index (χ0n) is 8.47. The van der Waals surface area contributed by atoms with E-state index in [0.717, 1.165) is 0 Å². The van der Waals surface area contributed by atoms with Crippen molar-refractivity contribution in [2.24, 2.45) is 5.41 Å². The fourth-order valence-corrected chi connectivity index (χ4v) is 1.89. The van der Waals surface area contributed by atoms with Crippen molar-refractivity contribution in [3.63, 3.8) is 0 Å². The van der Waals surface area contributed by atoms with Gasteiger partial charge in [0.15, 0.2) is 0 Å². The summed E-state index contributed by atoms with van der Waals surface area (Å²) in [6.45, 7) is 7.07. The van der Waals surface area contributed by atoms with Crippen LogP contribution in [0.25, 0.3) is 0 Å². The SMILES string of the molecule is C=CCCC(CCC=C)(C(=O)Cl)C(=O)Cl. The summed E-state index contributed by atoms with van der Waals surface area (Å²) in [5.74, 6) is 0. The topological polar surface area (TPSA) is 34.1 Å². The molecule has 0 aromatic rings. The van der Waals surface area contributed by atoms with Gasteiger partial charge in [-0.2, -0.15) is 0 Å². The Hall–Kier alpha value is -0.600. The van der Waals surface area contributed by atoms with Crippen molar-refractivity contribution in [1.29, 1.82) is 0 Å². The summed E-state index contributed by atoms with van der Waals surface area (Å²) in [6.07, 6.45) is 4.90. The molecule has 15 heavy (non-hydrogen) atoms. The lowest BCUT2D eigenvalue weighted by molar-refractivity contribution is -0.132. The van der Waals surface area contributed by atoms with Crippen molar-refractivity contribution in [1.82, 2.24) is 0 Å². The second-order valence-corrected chi connectivity index (χ2v) is 3.97. The number of halogens is 2. The van der Waals surface area contributed by atoms with E-state index in [-0.39, 0.29) is 0 Å². The van der Waals surface area contributed by atoms with Crippen LogP contribution in [-0.4, -0.2) is 10.5 Å². The molecular formula is C11H14Cl2O2. The summed E-state index contributed by atoms with van der Waals surface area (Å²) < 4.78 is 0. The lowest BCUT2D eigenvalue weighted by Gasteiger charge is -2.24. The molecule has 0 saturated heterocycles. The Morgan fingerprint density at radius 2 is 1.33 bits per heavy atom. The molecule has 0 spiro atoms. The van der Waals surface area contributed by atoms with Gasteiger partial charge in [0.1, 0.15) is 5.41 Å². The lowest BCUT2D eigenvalue weighted by atomic mass is 9.81. The predicted molar refractivity (Wildman–Crippen MR) is 63.0 cm³/mol. The molecule has 0 aliphatic carbocycles. The van der Waals surface area contributed by atoms with Gasteiger partial charge in [-0.1, -0.05) is 12.2 Å². The van der Waals surface area contributed by atoms with Gasteiger partial charge in [0, 0.05) is 0 Å². The van der Waals surface area contributed by atoms with Crippen LogP contribution >= 0.6 is 23.2 Å². The van der Waals surface area contributed by atoms with Crippen molar-refractivity contribution in [2.45, 2.75) is 25.7 Å². The predicted octanol–water partition coefficient (Wildman–Crippen LogP) is 3.44. The van der Waals surface area contributed by atoms with E-state index in [1.807, 2.05) is 0 Å². The number of allylic oxidation sites excluding steroid dienone is 2. The quantitative estimate of drug-likeness (QED) is 0.375. The van der Waals surface area contributed by atoms with Crippen LogP contribution < -0.4 is 0 Å². The Kier molecular flexibility index (Phi) is 6.53. The van der Waals surface area contributed by atoms with Gasteiger partial charge in [-0.3, -0.25) is 9.59 Å². The van der Waals surface area contributed by atoms with Gasteiger partial charge in [0.2, 0.25) is 10.5 Å². The summed E-state index contributed by atoms with van der Waals surface area (Å²) in [6, 6.07) is 0. The molecule has 0 saturated carbocycles. The number of hydrogen-bond acceptors (Lipinski definition) is 2. The molecule has 0 heterocycles. The van der Waals surface area contributed by atoms with Crippen molar-refractivity contribution < 1.29 is 9.59 Å². The molecule has 0 atom stereocenters. The smallest absolute Gasteiger partial charge is 0.236 e. The first-order chi connectivity index (χ1) is 7.01. The summed E-state index contributed by atoms with van der Waals surface area (Å²) in [4.78, 5) is 22.6. The Morgan fingerprint density at radius 3 is 1.53 bits per heavy atom. The first-order valence-electron chi connectivity index (χ1n) is 4.63. The zero-order valence-corrected chi connectivity index (χ0v) is 9.98. The fraction of sp³-hybridized carbons (Fsp3) is 0.455. The van der Waals surface area contributed by atoms with Crippen LogP contribution in [0, 0.1) is 5.41 Å². The van der Waals surface area contributed by atoms with E-state index in [0.29, 0.717) is 25.7 Å². The highest BCUT2D eigenvalue weighted by Crippen LogP contribution is 2.35. The third kappa shape index (κ3) is 3.80. The highest BCUT2D eigenvalue weighted by atomic mass is 35.5. The summed E-state index contributed by atoms with van der Waals surface area (Å²) in [5.41, 5.74) is -1.29. The Labute approximate surface area is 99.9 Å². The van der Waals surface area contributed by atoms with Crippen LogP contribution in [0.4, 0.5) is 0 Å². The fourth-order valence-electron chi connectivity index (χ4n) is 1.29. The van der Waals surface area contributed by atoms with E-state index in [9.17, 15) is 9.59 Å². The third-order valence-electron chi connectivity index (χ3n) is 2.30. The van der Waals surface area contributed by atoms with Gasteiger partial charge in [0.25, 0.3) is 0 Å². The van der Waals surface area contributed by atoms with Crippen LogP contribution in [0.2, 0.25) is 0 Å². The maximum atomic E-state index is 11.3. The summed E-state index contributed by atoms with van der Waals surface area (Å²) in [7, 11) is 0. The molecule has 0 bridgehead atoms. The second kappa shape index (κ2) is 6.81. The number of rotatable bonds is 8. The molecular weight excluding hydrogens is 235 g/mol. The number of carbonyl (C=O) groups excluding carboxylic acids is 2. The van der Waals surface area contributed by atoms with E-state index >= 15 is 0 Å². The minimum absolute atomic E-state index is 0.301. The zero-order chi connectivity index (χ0) is 11.9.